The first-order valence-corrected chi connectivity index (χ1v) is 12.3. The van der Waals surface area contributed by atoms with Crippen molar-refractivity contribution in [2.45, 2.75) is 25.8 Å². The molecule has 0 radical (unpaired) electrons. The molecule has 1 aliphatic heterocycles. The van der Waals surface area contributed by atoms with Crippen LogP contribution in [0.1, 0.15) is 34.3 Å². The predicted octanol–water partition coefficient (Wildman–Crippen LogP) is 4.25. The second-order valence-electron chi connectivity index (χ2n) is 9.01. The van der Waals surface area contributed by atoms with E-state index in [1.165, 1.54) is 30.9 Å². The van der Waals surface area contributed by atoms with E-state index in [0.717, 1.165) is 56.1 Å². The quantitative estimate of drug-likeness (QED) is 0.492. The largest absolute Gasteiger partial charge is 0.493 e. The fourth-order valence-electron chi connectivity index (χ4n) is 4.66. The maximum Gasteiger partial charge on any atom is 0.257 e. The fourth-order valence-corrected chi connectivity index (χ4v) is 4.66. The first kappa shape index (κ1) is 26.2. The maximum atomic E-state index is 12.9. The molecule has 37 heavy (non-hydrogen) atoms. The number of rotatable bonds is 9. The third-order valence-electron chi connectivity index (χ3n) is 6.77. The molecule has 0 aromatic heterocycles. The summed E-state index contributed by atoms with van der Waals surface area (Å²) in [5.41, 5.74) is 11.3. The van der Waals surface area contributed by atoms with Gasteiger partial charge in [0, 0.05) is 37.1 Å². The zero-order chi connectivity index (χ0) is 26.4. The normalized spacial score (nSPS) is 15.1. The number of nitrogens with one attached hydrogen (secondary N) is 1. The van der Waals surface area contributed by atoms with E-state index in [1.807, 2.05) is 12.2 Å². The van der Waals surface area contributed by atoms with E-state index >= 15 is 0 Å². The van der Waals surface area contributed by atoms with Crippen LogP contribution >= 0.6 is 0 Å². The number of benzene rings is 2. The number of nitrogens with two attached hydrogens (primary N) is 1. The van der Waals surface area contributed by atoms with E-state index in [0.29, 0.717) is 22.7 Å². The van der Waals surface area contributed by atoms with Crippen molar-refractivity contribution in [3.05, 3.63) is 76.5 Å². The van der Waals surface area contributed by atoms with Crippen molar-refractivity contribution < 1.29 is 23.7 Å². The molecule has 0 unspecified atom stereocenters. The van der Waals surface area contributed by atoms with Crippen LogP contribution in [0.5, 0.6) is 23.0 Å². The van der Waals surface area contributed by atoms with Crippen molar-refractivity contribution in [3.63, 3.8) is 0 Å². The number of hydrogen-bond acceptors (Lipinski definition) is 7. The summed E-state index contributed by atoms with van der Waals surface area (Å²) >= 11 is 0. The molecule has 0 fully saturated rings. The van der Waals surface area contributed by atoms with Gasteiger partial charge in [0.2, 0.25) is 0 Å². The summed E-state index contributed by atoms with van der Waals surface area (Å²) in [7, 11) is 6.39. The van der Waals surface area contributed by atoms with Gasteiger partial charge in [-0.2, -0.15) is 0 Å². The van der Waals surface area contributed by atoms with Gasteiger partial charge in [-0.05, 0) is 54.7 Å². The minimum absolute atomic E-state index is 0.295. The molecule has 0 bridgehead atoms. The highest BCUT2D eigenvalue weighted by Gasteiger charge is 2.20. The van der Waals surface area contributed by atoms with Gasteiger partial charge in [-0.1, -0.05) is 23.8 Å². The van der Waals surface area contributed by atoms with Gasteiger partial charge >= 0.3 is 0 Å². The van der Waals surface area contributed by atoms with Crippen LogP contribution in [0.15, 0.2) is 59.8 Å². The van der Waals surface area contributed by atoms with Gasteiger partial charge in [-0.3, -0.25) is 9.69 Å². The number of methoxy groups -OCH3 is 4. The van der Waals surface area contributed by atoms with E-state index < -0.39 is 0 Å². The molecule has 1 heterocycles. The fraction of sp³-hybridized carbons (Fsp3) is 0.345. The molecular formula is C29H35N3O5. The summed E-state index contributed by atoms with van der Waals surface area (Å²) in [6.07, 6.45) is 10.9. The van der Waals surface area contributed by atoms with Crippen LogP contribution in [-0.4, -0.2) is 52.3 Å². The molecule has 0 saturated heterocycles. The van der Waals surface area contributed by atoms with Crippen LogP contribution in [0.4, 0.5) is 5.69 Å². The van der Waals surface area contributed by atoms with Crippen molar-refractivity contribution in [2.24, 2.45) is 0 Å². The van der Waals surface area contributed by atoms with Gasteiger partial charge < -0.3 is 30.0 Å². The van der Waals surface area contributed by atoms with Crippen LogP contribution in [-0.2, 0) is 13.0 Å². The summed E-state index contributed by atoms with van der Waals surface area (Å²) < 4.78 is 21.5. The summed E-state index contributed by atoms with van der Waals surface area (Å²) in [4.78, 5) is 15.4. The molecule has 1 amide bonds. The SMILES string of the molecule is COc1cc(N)c(C(=O)NC2=CCC=C(CCN3CCc4cc(OC)c(OC)cc4C3)C=C2)cc1OC. The van der Waals surface area contributed by atoms with E-state index in [2.05, 4.69) is 34.5 Å². The molecule has 2 aromatic carbocycles. The Bertz CT molecular complexity index is 1250. The van der Waals surface area contributed by atoms with E-state index in [-0.39, 0.29) is 5.91 Å². The van der Waals surface area contributed by atoms with Gasteiger partial charge in [0.05, 0.1) is 34.0 Å². The van der Waals surface area contributed by atoms with E-state index in [1.54, 1.807) is 26.4 Å². The smallest absolute Gasteiger partial charge is 0.257 e. The zero-order valence-corrected chi connectivity index (χ0v) is 21.9. The molecule has 196 valence electrons. The van der Waals surface area contributed by atoms with Crippen molar-refractivity contribution >= 4 is 11.6 Å². The van der Waals surface area contributed by atoms with Crippen LogP contribution < -0.4 is 30.0 Å². The monoisotopic (exact) mass is 505 g/mol. The number of allylic oxidation sites excluding steroid dienone is 4. The molecule has 4 rings (SSSR count). The van der Waals surface area contributed by atoms with Gasteiger partial charge in [0.25, 0.3) is 5.91 Å². The first-order chi connectivity index (χ1) is 17.9. The molecule has 8 nitrogen and oxygen atoms in total. The van der Waals surface area contributed by atoms with Gasteiger partial charge in [0.15, 0.2) is 23.0 Å². The Morgan fingerprint density at radius 3 is 2.24 bits per heavy atom. The number of carbonyl (C=O) groups excluding carboxylic acids is 1. The number of fused-ring (bicyclic) bond motifs is 1. The Morgan fingerprint density at radius 1 is 0.892 bits per heavy atom. The molecule has 3 N–H and O–H groups in total. The molecule has 0 atom stereocenters. The highest BCUT2D eigenvalue weighted by molar-refractivity contribution is 6.01. The lowest BCUT2D eigenvalue weighted by Crippen LogP contribution is -2.31. The third kappa shape index (κ3) is 6.09. The number of anilines is 1. The Hall–Kier alpha value is -3.91. The number of nitrogen functional groups attached to an aromatic ring is 1. The maximum absolute atomic E-state index is 12.9. The number of hydrogen-bond donors (Lipinski definition) is 2. The van der Waals surface area contributed by atoms with Crippen LogP contribution in [0.2, 0.25) is 0 Å². The summed E-state index contributed by atoms with van der Waals surface area (Å²) in [6.45, 7) is 2.85. The lowest BCUT2D eigenvalue weighted by Gasteiger charge is -2.29. The van der Waals surface area contributed by atoms with Crippen LogP contribution in [0.25, 0.3) is 0 Å². The first-order valence-electron chi connectivity index (χ1n) is 12.3. The standard InChI is InChI=1S/C29H35N3O5/c1-34-25-14-20-11-13-32(18-21(20)15-26(25)35-2)12-10-19-6-5-7-22(9-8-19)31-29(33)23-16-27(36-3)28(37-4)17-24(23)30/h6-9,14-17H,5,10-13,18,30H2,1-4H3,(H,31,33). The Morgan fingerprint density at radius 2 is 1.54 bits per heavy atom. The summed E-state index contributed by atoms with van der Waals surface area (Å²) in [6, 6.07) is 7.38. The van der Waals surface area contributed by atoms with Crippen LogP contribution in [0, 0.1) is 0 Å². The van der Waals surface area contributed by atoms with Gasteiger partial charge in [-0.25, -0.2) is 0 Å². The molecule has 8 heteroatoms. The number of carbonyl (C=O) groups is 1. The highest BCUT2D eigenvalue weighted by atomic mass is 16.5. The lowest BCUT2D eigenvalue weighted by atomic mass is 9.98. The van der Waals surface area contributed by atoms with Crippen molar-refractivity contribution in [1.29, 1.82) is 0 Å². The Kier molecular flexibility index (Phi) is 8.40. The van der Waals surface area contributed by atoms with Crippen molar-refractivity contribution in [3.8, 4) is 23.0 Å². The predicted molar refractivity (Wildman–Crippen MR) is 144 cm³/mol. The molecule has 2 aromatic rings. The molecular weight excluding hydrogens is 470 g/mol. The number of nitrogens with zero attached hydrogens (tertiary/aromatic N) is 1. The zero-order valence-electron chi connectivity index (χ0n) is 21.9. The third-order valence-corrected chi connectivity index (χ3v) is 6.77. The molecule has 0 spiro atoms. The Labute approximate surface area is 218 Å². The summed E-state index contributed by atoms with van der Waals surface area (Å²) in [5.74, 6) is 2.20. The molecule has 2 aliphatic rings. The number of amides is 1. The molecule has 1 aliphatic carbocycles. The van der Waals surface area contributed by atoms with Gasteiger partial charge in [0.1, 0.15) is 0 Å². The topological polar surface area (TPSA) is 95.3 Å². The minimum Gasteiger partial charge on any atom is -0.493 e. The highest BCUT2D eigenvalue weighted by Crippen LogP contribution is 2.34. The second-order valence-corrected chi connectivity index (χ2v) is 9.01. The summed E-state index contributed by atoms with van der Waals surface area (Å²) in [5, 5.41) is 2.96. The van der Waals surface area contributed by atoms with Crippen LogP contribution in [0.3, 0.4) is 0 Å². The Balaban J connectivity index is 1.34. The number of ether oxygens (including phenoxy) is 4. The average Bonchev–Trinajstić information content (AvgIpc) is 3.15. The van der Waals surface area contributed by atoms with E-state index in [4.69, 9.17) is 24.7 Å². The van der Waals surface area contributed by atoms with Crippen molar-refractivity contribution in [2.75, 3.05) is 47.3 Å². The minimum atomic E-state index is -0.295. The average molecular weight is 506 g/mol. The lowest BCUT2D eigenvalue weighted by molar-refractivity contribution is 0.0967. The van der Waals surface area contributed by atoms with E-state index in [9.17, 15) is 4.79 Å². The van der Waals surface area contributed by atoms with Crippen molar-refractivity contribution in [1.82, 2.24) is 10.2 Å². The second kappa shape index (κ2) is 11.9. The molecule has 0 saturated carbocycles. The van der Waals surface area contributed by atoms with Gasteiger partial charge in [-0.15, -0.1) is 0 Å².